The van der Waals surface area contributed by atoms with Crippen LogP contribution in [-0.4, -0.2) is 0 Å². The predicted molar refractivity (Wildman–Crippen MR) is 151 cm³/mol. The van der Waals surface area contributed by atoms with Crippen molar-refractivity contribution in [2.75, 3.05) is 0 Å². The molecule has 1 aromatic rings. The normalized spacial score (nSPS) is 19.8. The standard InChI is InChI=1S/C33H48/c1-12-16-18-19-28-26(9)29(20-17-13-2)33(11,21-14-3)32(28)31-25(8)23(6)24(7)30(27(31)10)22(5)15-4/h13,15,17-19H,12,14,16,20-21H2,1-11H3. The summed E-state index contributed by atoms with van der Waals surface area (Å²) < 4.78 is 0. The van der Waals surface area contributed by atoms with Crippen LogP contribution in [0.1, 0.15) is 114 Å². The molecule has 0 fully saturated rings. The van der Waals surface area contributed by atoms with Crippen molar-refractivity contribution in [3.05, 3.63) is 80.5 Å². The molecule has 0 heterocycles. The molecule has 0 aliphatic heterocycles. The van der Waals surface area contributed by atoms with Crippen LogP contribution in [0.4, 0.5) is 0 Å². The van der Waals surface area contributed by atoms with Crippen LogP contribution in [0.2, 0.25) is 0 Å². The molecular formula is C33H48. The maximum Gasteiger partial charge on any atom is 0.0154 e. The van der Waals surface area contributed by atoms with Crippen molar-refractivity contribution in [3.63, 3.8) is 0 Å². The van der Waals surface area contributed by atoms with Crippen LogP contribution in [0.5, 0.6) is 0 Å². The molecule has 1 atom stereocenters. The summed E-state index contributed by atoms with van der Waals surface area (Å²) in [5.74, 6) is 0. The Labute approximate surface area is 205 Å². The third-order valence-corrected chi connectivity index (χ3v) is 8.09. The van der Waals surface area contributed by atoms with Gasteiger partial charge in [0, 0.05) is 5.41 Å². The van der Waals surface area contributed by atoms with Crippen molar-refractivity contribution in [3.8, 4) is 0 Å². The Kier molecular flexibility index (Phi) is 9.36. The fraction of sp³-hybridized carbons (Fsp3) is 0.515. The van der Waals surface area contributed by atoms with Gasteiger partial charge in [-0.15, -0.1) is 0 Å². The molecule has 2 rings (SSSR count). The van der Waals surface area contributed by atoms with E-state index in [-0.39, 0.29) is 5.41 Å². The van der Waals surface area contributed by atoms with Gasteiger partial charge in [-0.1, -0.05) is 69.6 Å². The van der Waals surface area contributed by atoms with Gasteiger partial charge in [-0.25, -0.2) is 0 Å². The number of benzene rings is 1. The van der Waals surface area contributed by atoms with E-state index in [1.807, 2.05) is 0 Å². The van der Waals surface area contributed by atoms with Crippen LogP contribution >= 0.6 is 0 Å². The smallest absolute Gasteiger partial charge is 0.0154 e. The number of unbranched alkanes of at least 4 members (excludes halogenated alkanes) is 1. The second-order valence-corrected chi connectivity index (χ2v) is 10.2. The highest BCUT2D eigenvalue weighted by Gasteiger charge is 2.42. The first-order chi connectivity index (χ1) is 15.6. The largest absolute Gasteiger partial charge is 0.0913 e. The lowest BCUT2D eigenvalue weighted by Crippen LogP contribution is -2.21. The summed E-state index contributed by atoms with van der Waals surface area (Å²) in [7, 11) is 0. The van der Waals surface area contributed by atoms with Gasteiger partial charge in [0.05, 0.1) is 0 Å². The molecule has 0 saturated carbocycles. The summed E-state index contributed by atoms with van der Waals surface area (Å²) in [5.41, 5.74) is 16.3. The van der Waals surface area contributed by atoms with Crippen LogP contribution in [0.25, 0.3) is 11.1 Å². The highest BCUT2D eigenvalue weighted by Crippen LogP contribution is 2.57. The summed E-state index contributed by atoms with van der Waals surface area (Å²) in [4.78, 5) is 0. The molecule has 0 heteroatoms. The van der Waals surface area contributed by atoms with Crippen molar-refractivity contribution >= 4 is 11.1 Å². The zero-order chi connectivity index (χ0) is 24.9. The van der Waals surface area contributed by atoms with E-state index >= 15 is 0 Å². The molecule has 1 aliphatic rings. The molecule has 0 radical (unpaired) electrons. The SMILES string of the molecule is CC=CCC1=C(C)C(C=CCCC)=C(c2c(C)c(C)c(C)c(C(C)=CC)c2C)C1(C)CCC. The fourth-order valence-electron chi connectivity index (χ4n) is 6.04. The zero-order valence-electron chi connectivity index (χ0n) is 23.4. The molecule has 0 nitrogen and oxygen atoms in total. The zero-order valence-corrected chi connectivity index (χ0v) is 23.4. The van der Waals surface area contributed by atoms with E-state index in [1.54, 1.807) is 11.1 Å². The van der Waals surface area contributed by atoms with E-state index in [2.05, 4.69) is 107 Å². The highest BCUT2D eigenvalue weighted by molar-refractivity contribution is 5.90. The first-order valence-corrected chi connectivity index (χ1v) is 13.1. The average molecular weight is 445 g/mol. The molecular weight excluding hydrogens is 396 g/mol. The first-order valence-electron chi connectivity index (χ1n) is 13.1. The molecule has 180 valence electrons. The Balaban J connectivity index is 3.03. The summed E-state index contributed by atoms with van der Waals surface area (Å²) >= 11 is 0. The Bertz CT molecular complexity index is 1030. The minimum atomic E-state index is 0.0581. The Hall–Kier alpha value is -2.08. The number of allylic oxidation sites excluding steroid dienone is 10. The van der Waals surface area contributed by atoms with Crippen molar-refractivity contribution < 1.29 is 0 Å². The van der Waals surface area contributed by atoms with Gasteiger partial charge >= 0.3 is 0 Å². The highest BCUT2D eigenvalue weighted by atomic mass is 14.5. The quantitative estimate of drug-likeness (QED) is 0.332. The summed E-state index contributed by atoms with van der Waals surface area (Å²) in [6, 6.07) is 0. The molecule has 0 aromatic heterocycles. The van der Waals surface area contributed by atoms with E-state index in [0.717, 1.165) is 12.8 Å². The van der Waals surface area contributed by atoms with Crippen molar-refractivity contribution in [2.45, 2.75) is 108 Å². The van der Waals surface area contributed by atoms with Gasteiger partial charge in [0.25, 0.3) is 0 Å². The maximum absolute atomic E-state index is 2.52. The van der Waals surface area contributed by atoms with Crippen molar-refractivity contribution in [1.29, 1.82) is 0 Å². The van der Waals surface area contributed by atoms with E-state index in [1.165, 1.54) is 69.4 Å². The Morgan fingerprint density at radius 1 is 0.848 bits per heavy atom. The molecule has 1 aromatic carbocycles. The van der Waals surface area contributed by atoms with Crippen LogP contribution in [0, 0.1) is 33.1 Å². The molecule has 1 unspecified atom stereocenters. The predicted octanol–water partition coefficient (Wildman–Crippen LogP) is 10.6. The number of rotatable bonds is 9. The number of hydrogen-bond acceptors (Lipinski definition) is 0. The minimum absolute atomic E-state index is 0.0581. The second-order valence-electron chi connectivity index (χ2n) is 10.2. The molecule has 33 heavy (non-hydrogen) atoms. The van der Waals surface area contributed by atoms with Gasteiger partial charge in [0.2, 0.25) is 0 Å². The lowest BCUT2D eigenvalue weighted by molar-refractivity contribution is 0.475. The average Bonchev–Trinajstić information content (AvgIpc) is 2.97. The van der Waals surface area contributed by atoms with Gasteiger partial charge in [0.1, 0.15) is 0 Å². The van der Waals surface area contributed by atoms with Gasteiger partial charge in [-0.05, 0) is 130 Å². The Morgan fingerprint density at radius 2 is 1.52 bits per heavy atom. The fourth-order valence-corrected chi connectivity index (χ4v) is 6.04. The monoisotopic (exact) mass is 444 g/mol. The van der Waals surface area contributed by atoms with Crippen molar-refractivity contribution in [1.82, 2.24) is 0 Å². The lowest BCUT2D eigenvalue weighted by atomic mass is 9.68. The third kappa shape index (κ3) is 4.91. The second kappa shape index (κ2) is 11.4. The van der Waals surface area contributed by atoms with Crippen molar-refractivity contribution in [2.24, 2.45) is 5.41 Å². The molecule has 0 N–H and O–H groups in total. The van der Waals surface area contributed by atoms with E-state index in [9.17, 15) is 0 Å². The van der Waals surface area contributed by atoms with Crippen LogP contribution in [0.3, 0.4) is 0 Å². The van der Waals surface area contributed by atoms with E-state index in [4.69, 9.17) is 0 Å². The van der Waals surface area contributed by atoms with E-state index < -0.39 is 0 Å². The molecule has 0 saturated heterocycles. The molecule has 0 amide bonds. The van der Waals surface area contributed by atoms with Gasteiger partial charge in [-0.2, -0.15) is 0 Å². The molecule has 0 spiro atoms. The van der Waals surface area contributed by atoms with Crippen LogP contribution in [-0.2, 0) is 0 Å². The van der Waals surface area contributed by atoms with Crippen LogP contribution < -0.4 is 0 Å². The van der Waals surface area contributed by atoms with Gasteiger partial charge < -0.3 is 0 Å². The maximum atomic E-state index is 2.52. The van der Waals surface area contributed by atoms with Gasteiger partial charge in [-0.3, -0.25) is 0 Å². The first kappa shape index (κ1) is 27.2. The van der Waals surface area contributed by atoms with Gasteiger partial charge in [0.15, 0.2) is 0 Å². The van der Waals surface area contributed by atoms with E-state index in [0.29, 0.717) is 0 Å². The minimum Gasteiger partial charge on any atom is -0.0913 e. The summed E-state index contributed by atoms with van der Waals surface area (Å²) in [6.45, 7) is 25.4. The van der Waals surface area contributed by atoms with Crippen LogP contribution in [0.15, 0.2) is 47.1 Å². The summed E-state index contributed by atoms with van der Waals surface area (Å²) in [5, 5.41) is 0. The Morgan fingerprint density at radius 3 is 2.06 bits per heavy atom. The molecule has 0 bridgehead atoms. The lowest BCUT2D eigenvalue weighted by Gasteiger charge is -2.35. The number of hydrogen-bond donors (Lipinski definition) is 0. The summed E-state index contributed by atoms with van der Waals surface area (Å²) in [6.07, 6.45) is 17.4. The molecule has 1 aliphatic carbocycles. The third-order valence-electron chi connectivity index (χ3n) is 8.09. The topological polar surface area (TPSA) is 0 Å².